The van der Waals surface area contributed by atoms with Crippen LogP contribution in [0.2, 0.25) is 0 Å². The zero-order valence-electron chi connectivity index (χ0n) is 10.3. The van der Waals surface area contributed by atoms with Gasteiger partial charge in [-0.25, -0.2) is 4.98 Å². The van der Waals surface area contributed by atoms with Crippen molar-refractivity contribution in [2.75, 3.05) is 11.9 Å². The quantitative estimate of drug-likeness (QED) is 0.795. The molecule has 2 heterocycles. The highest BCUT2D eigenvalue weighted by atomic mass is 79.9. The van der Waals surface area contributed by atoms with Gasteiger partial charge in [0.05, 0.1) is 10.2 Å². The molecule has 19 heavy (non-hydrogen) atoms. The van der Waals surface area contributed by atoms with E-state index in [1.54, 1.807) is 17.7 Å². The molecule has 2 aromatic heterocycles. The second kappa shape index (κ2) is 5.26. The average Bonchev–Trinajstić information content (AvgIpc) is 2.95. The molecule has 0 amide bonds. The molecule has 3 aromatic rings. The summed E-state index contributed by atoms with van der Waals surface area (Å²) in [6, 6.07) is 6.13. The lowest BCUT2D eigenvalue weighted by atomic mass is 10.3. The summed E-state index contributed by atoms with van der Waals surface area (Å²) in [4.78, 5) is 4.55. The van der Waals surface area contributed by atoms with Crippen molar-refractivity contribution in [2.45, 2.75) is 6.42 Å². The van der Waals surface area contributed by atoms with Crippen LogP contribution in [0.15, 0.2) is 29.0 Å². The van der Waals surface area contributed by atoms with Gasteiger partial charge in [-0.05, 0) is 18.2 Å². The highest BCUT2D eigenvalue weighted by Gasteiger charge is 2.05. The van der Waals surface area contributed by atoms with E-state index in [4.69, 9.17) is 0 Å². The van der Waals surface area contributed by atoms with Crippen LogP contribution < -0.4 is 5.32 Å². The highest BCUT2D eigenvalue weighted by Crippen LogP contribution is 2.27. The Balaban J connectivity index is 1.67. The number of halogens is 1. The maximum Gasteiger partial charge on any atom is 0.183 e. The SMILES string of the molecule is Cn1cnnc1CCNc1nc2cc(Br)ccc2s1. The van der Waals surface area contributed by atoms with Gasteiger partial charge in [0.1, 0.15) is 12.2 Å². The standard InChI is InChI=1S/C12H12BrN5S/c1-18-7-15-17-11(18)4-5-14-12-16-9-6-8(13)2-3-10(9)19-12/h2-3,6-7H,4-5H2,1H3,(H,14,16). The lowest BCUT2D eigenvalue weighted by molar-refractivity contribution is 0.788. The number of nitrogens with one attached hydrogen (secondary N) is 1. The fourth-order valence-corrected chi connectivity index (χ4v) is 3.01. The van der Waals surface area contributed by atoms with Crippen LogP contribution in [0.5, 0.6) is 0 Å². The predicted octanol–water partition coefficient (Wildman–Crippen LogP) is 2.84. The van der Waals surface area contributed by atoms with Crippen LogP contribution in [0.25, 0.3) is 10.2 Å². The largest absolute Gasteiger partial charge is 0.361 e. The third-order valence-corrected chi connectivity index (χ3v) is 4.27. The Morgan fingerprint density at radius 2 is 2.32 bits per heavy atom. The van der Waals surface area contributed by atoms with E-state index in [0.717, 1.165) is 33.9 Å². The summed E-state index contributed by atoms with van der Waals surface area (Å²) in [5, 5.41) is 12.2. The number of aromatic nitrogens is 4. The number of anilines is 1. The first-order valence-electron chi connectivity index (χ1n) is 5.85. The van der Waals surface area contributed by atoms with Gasteiger partial charge >= 0.3 is 0 Å². The van der Waals surface area contributed by atoms with Crippen molar-refractivity contribution < 1.29 is 0 Å². The first kappa shape index (κ1) is 12.6. The van der Waals surface area contributed by atoms with Gasteiger partial charge in [0.15, 0.2) is 5.13 Å². The molecule has 0 aliphatic heterocycles. The van der Waals surface area contributed by atoms with E-state index in [0.29, 0.717) is 0 Å². The number of aryl methyl sites for hydroxylation is 1. The summed E-state index contributed by atoms with van der Waals surface area (Å²) in [7, 11) is 1.95. The summed E-state index contributed by atoms with van der Waals surface area (Å²) in [5.41, 5.74) is 1.01. The molecular weight excluding hydrogens is 326 g/mol. The van der Waals surface area contributed by atoms with Gasteiger partial charge < -0.3 is 9.88 Å². The van der Waals surface area contributed by atoms with Crippen LogP contribution in [-0.4, -0.2) is 26.3 Å². The summed E-state index contributed by atoms with van der Waals surface area (Å²) < 4.78 is 4.16. The maximum absolute atomic E-state index is 4.55. The number of rotatable bonds is 4. The molecule has 0 saturated heterocycles. The van der Waals surface area contributed by atoms with Gasteiger partial charge in [-0.3, -0.25) is 0 Å². The van der Waals surface area contributed by atoms with E-state index in [1.807, 2.05) is 23.7 Å². The second-order valence-electron chi connectivity index (χ2n) is 4.17. The van der Waals surface area contributed by atoms with E-state index in [9.17, 15) is 0 Å². The van der Waals surface area contributed by atoms with E-state index in [-0.39, 0.29) is 0 Å². The highest BCUT2D eigenvalue weighted by molar-refractivity contribution is 9.10. The van der Waals surface area contributed by atoms with Crippen molar-refractivity contribution in [1.29, 1.82) is 0 Å². The van der Waals surface area contributed by atoms with Gasteiger partial charge in [0.25, 0.3) is 0 Å². The van der Waals surface area contributed by atoms with Crippen molar-refractivity contribution in [2.24, 2.45) is 7.05 Å². The van der Waals surface area contributed by atoms with Crippen LogP contribution >= 0.6 is 27.3 Å². The van der Waals surface area contributed by atoms with Crippen LogP contribution in [0.3, 0.4) is 0 Å². The van der Waals surface area contributed by atoms with Crippen molar-refractivity contribution in [1.82, 2.24) is 19.7 Å². The summed E-state index contributed by atoms with van der Waals surface area (Å²) in [5.74, 6) is 0.969. The zero-order chi connectivity index (χ0) is 13.2. The Morgan fingerprint density at radius 3 is 3.11 bits per heavy atom. The molecular formula is C12H12BrN5S. The zero-order valence-corrected chi connectivity index (χ0v) is 12.7. The molecule has 1 N–H and O–H groups in total. The molecule has 0 aliphatic carbocycles. The second-order valence-corrected chi connectivity index (χ2v) is 6.11. The Labute approximate surface area is 122 Å². The molecule has 0 unspecified atom stereocenters. The first-order chi connectivity index (χ1) is 9.22. The Morgan fingerprint density at radius 1 is 1.42 bits per heavy atom. The molecule has 0 radical (unpaired) electrons. The smallest absolute Gasteiger partial charge is 0.183 e. The van der Waals surface area contributed by atoms with Gasteiger partial charge in [0, 0.05) is 24.5 Å². The van der Waals surface area contributed by atoms with E-state index in [1.165, 1.54) is 4.70 Å². The lowest BCUT2D eigenvalue weighted by Crippen LogP contribution is -2.08. The molecule has 0 fully saturated rings. The molecule has 0 spiro atoms. The van der Waals surface area contributed by atoms with Crippen molar-refractivity contribution in [3.63, 3.8) is 0 Å². The Bertz CT molecular complexity index is 705. The molecule has 0 bridgehead atoms. The summed E-state index contributed by atoms with van der Waals surface area (Å²) >= 11 is 5.12. The summed E-state index contributed by atoms with van der Waals surface area (Å²) in [6.07, 6.45) is 2.54. The third kappa shape index (κ3) is 2.76. The number of fused-ring (bicyclic) bond motifs is 1. The minimum absolute atomic E-state index is 0.799. The van der Waals surface area contributed by atoms with E-state index < -0.39 is 0 Å². The minimum Gasteiger partial charge on any atom is -0.361 e. The molecule has 3 rings (SSSR count). The maximum atomic E-state index is 4.55. The number of nitrogens with zero attached hydrogens (tertiary/aromatic N) is 4. The molecule has 5 nitrogen and oxygen atoms in total. The van der Waals surface area contributed by atoms with Gasteiger partial charge in [-0.1, -0.05) is 27.3 Å². The van der Waals surface area contributed by atoms with Crippen LogP contribution in [-0.2, 0) is 13.5 Å². The first-order valence-corrected chi connectivity index (χ1v) is 7.46. The van der Waals surface area contributed by atoms with Crippen molar-refractivity contribution in [3.05, 3.63) is 34.8 Å². The number of hydrogen-bond donors (Lipinski definition) is 1. The number of benzene rings is 1. The van der Waals surface area contributed by atoms with Crippen LogP contribution in [0, 0.1) is 0 Å². The topological polar surface area (TPSA) is 55.6 Å². The fraction of sp³-hybridized carbons (Fsp3) is 0.250. The molecule has 0 saturated carbocycles. The van der Waals surface area contributed by atoms with Gasteiger partial charge in [-0.2, -0.15) is 0 Å². The molecule has 7 heteroatoms. The van der Waals surface area contributed by atoms with E-state index >= 15 is 0 Å². The third-order valence-electron chi connectivity index (χ3n) is 2.78. The fourth-order valence-electron chi connectivity index (χ4n) is 1.79. The number of hydrogen-bond acceptors (Lipinski definition) is 5. The van der Waals surface area contributed by atoms with Crippen LogP contribution in [0.1, 0.15) is 5.82 Å². The predicted molar refractivity (Wildman–Crippen MR) is 80.5 cm³/mol. The van der Waals surface area contributed by atoms with E-state index in [2.05, 4.69) is 42.5 Å². The normalized spacial score (nSPS) is 11.1. The average molecular weight is 338 g/mol. The van der Waals surface area contributed by atoms with Crippen LogP contribution in [0.4, 0.5) is 5.13 Å². The van der Waals surface area contributed by atoms with Gasteiger partial charge in [0.2, 0.25) is 0 Å². The molecule has 0 aliphatic rings. The minimum atomic E-state index is 0.799. The monoisotopic (exact) mass is 337 g/mol. The van der Waals surface area contributed by atoms with Crippen molar-refractivity contribution in [3.8, 4) is 0 Å². The molecule has 1 aromatic carbocycles. The summed E-state index contributed by atoms with van der Waals surface area (Å²) in [6.45, 7) is 0.799. The molecule has 0 atom stereocenters. The Kier molecular flexibility index (Phi) is 3.48. The Hall–Kier alpha value is -1.47. The van der Waals surface area contributed by atoms with Crippen molar-refractivity contribution >= 4 is 42.6 Å². The number of thiazole rings is 1. The lowest BCUT2D eigenvalue weighted by Gasteiger charge is -2.01. The molecule has 98 valence electrons. The van der Waals surface area contributed by atoms with Gasteiger partial charge in [-0.15, -0.1) is 10.2 Å².